The molecule has 1 aliphatic heterocycles. The maximum atomic E-state index is 12.2. The van der Waals surface area contributed by atoms with Gasteiger partial charge in [0.15, 0.2) is 11.5 Å². The number of nitrogens with zero attached hydrogens (tertiary/aromatic N) is 2. The molecule has 1 aliphatic rings. The Balaban J connectivity index is 2.48. The fourth-order valence-corrected chi connectivity index (χ4v) is 2.76. The molecule has 1 aromatic rings. The minimum atomic E-state index is -0.497. The van der Waals surface area contributed by atoms with E-state index in [0.29, 0.717) is 24.1 Å². The molecule has 2 rings (SSSR count). The first-order chi connectivity index (χ1) is 11.8. The van der Waals surface area contributed by atoms with Gasteiger partial charge in [-0.15, -0.1) is 0 Å². The first-order valence-electron chi connectivity index (χ1n) is 8.34. The van der Waals surface area contributed by atoms with Crippen LogP contribution >= 0.6 is 0 Å². The molecule has 0 amide bonds. The summed E-state index contributed by atoms with van der Waals surface area (Å²) in [6, 6.07) is 3.08. The third kappa shape index (κ3) is 4.57. The fraction of sp³-hybridized carbons (Fsp3) is 0.500. The summed E-state index contributed by atoms with van der Waals surface area (Å²) in [6.45, 7) is 7.78. The number of rotatable bonds is 6. The molecule has 0 N–H and O–H groups in total. The van der Waals surface area contributed by atoms with E-state index in [1.54, 1.807) is 26.0 Å². The quantitative estimate of drug-likeness (QED) is 0.446. The van der Waals surface area contributed by atoms with Gasteiger partial charge in [-0.25, -0.2) is 0 Å². The number of hydrogen-bond acceptors (Lipinski definition) is 6. The molecule has 1 fully saturated rings. The number of nitro groups is 1. The molecule has 25 heavy (non-hydrogen) atoms. The van der Waals surface area contributed by atoms with Crippen LogP contribution in [0.4, 0.5) is 5.69 Å². The van der Waals surface area contributed by atoms with Crippen LogP contribution in [0.1, 0.15) is 32.8 Å². The maximum absolute atomic E-state index is 12.2. The Kier molecular flexibility index (Phi) is 6.14. The van der Waals surface area contributed by atoms with Crippen molar-refractivity contribution < 1.29 is 19.2 Å². The van der Waals surface area contributed by atoms with Crippen LogP contribution in [-0.2, 0) is 4.79 Å². The molecule has 1 saturated heterocycles. The summed E-state index contributed by atoms with van der Waals surface area (Å²) in [5.41, 5.74) is 1.04. The standard InChI is InChI=1S/C18H24N2O5/c1-5-19-7-6-16(21)14(11-19)8-13-9-15(20(22)23)18(25-12(2)3)17(10-13)24-4/h8-10,12H,5-7,11H2,1-4H3/b14-8+. The molecule has 1 aromatic carbocycles. The van der Waals surface area contributed by atoms with Crippen LogP contribution in [0, 0.1) is 10.1 Å². The molecule has 7 heteroatoms. The van der Waals surface area contributed by atoms with Gasteiger partial charge < -0.3 is 9.47 Å². The van der Waals surface area contributed by atoms with Crippen LogP contribution < -0.4 is 9.47 Å². The van der Waals surface area contributed by atoms with E-state index in [1.165, 1.54) is 13.2 Å². The fourth-order valence-electron chi connectivity index (χ4n) is 2.76. The summed E-state index contributed by atoms with van der Waals surface area (Å²) in [7, 11) is 1.44. The van der Waals surface area contributed by atoms with Gasteiger partial charge in [0, 0.05) is 31.1 Å². The molecular weight excluding hydrogens is 324 g/mol. The number of likely N-dealkylation sites (N-methyl/N-ethyl adjacent to an activating group) is 1. The number of ketones is 1. The number of likely N-dealkylation sites (tertiary alicyclic amines) is 1. The smallest absolute Gasteiger partial charge is 0.315 e. The van der Waals surface area contributed by atoms with E-state index in [1.807, 2.05) is 6.92 Å². The molecule has 0 unspecified atom stereocenters. The maximum Gasteiger partial charge on any atom is 0.315 e. The van der Waals surface area contributed by atoms with E-state index in [2.05, 4.69) is 4.90 Å². The van der Waals surface area contributed by atoms with E-state index in [4.69, 9.17) is 9.47 Å². The predicted octanol–water partition coefficient (Wildman–Crippen LogP) is 3.07. The molecule has 0 spiro atoms. The van der Waals surface area contributed by atoms with Crippen molar-refractivity contribution in [3.05, 3.63) is 33.4 Å². The number of hydrogen-bond donors (Lipinski definition) is 0. The second-order valence-corrected chi connectivity index (χ2v) is 6.21. The van der Waals surface area contributed by atoms with Crippen molar-refractivity contribution in [1.29, 1.82) is 0 Å². The normalized spacial score (nSPS) is 17.2. The molecule has 0 radical (unpaired) electrons. The molecule has 1 heterocycles. The van der Waals surface area contributed by atoms with Gasteiger partial charge in [0.25, 0.3) is 0 Å². The third-order valence-corrected chi connectivity index (χ3v) is 4.02. The van der Waals surface area contributed by atoms with Crippen molar-refractivity contribution in [1.82, 2.24) is 4.90 Å². The number of methoxy groups -OCH3 is 1. The van der Waals surface area contributed by atoms with E-state index >= 15 is 0 Å². The van der Waals surface area contributed by atoms with E-state index in [9.17, 15) is 14.9 Å². The monoisotopic (exact) mass is 348 g/mol. The summed E-state index contributed by atoms with van der Waals surface area (Å²) in [5, 5.41) is 11.5. The van der Waals surface area contributed by atoms with Gasteiger partial charge in [0.1, 0.15) is 0 Å². The predicted molar refractivity (Wildman–Crippen MR) is 95.1 cm³/mol. The zero-order valence-corrected chi connectivity index (χ0v) is 15.1. The lowest BCUT2D eigenvalue weighted by Gasteiger charge is -2.26. The van der Waals surface area contributed by atoms with Gasteiger partial charge in [-0.3, -0.25) is 19.8 Å². The van der Waals surface area contributed by atoms with Crippen molar-refractivity contribution in [2.75, 3.05) is 26.7 Å². The lowest BCUT2D eigenvalue weighted by molar-refractivity contribution is -0.386. The van der Waals surface area contributed by atoms with Crippen LogP contribution in [0.3, 0.4) is 0 Å². The third-order valence-electron chi connectivity index (χ3n) is 4.02. The topological polar surface area (TPSA) is 81.9 Å². The second kappa shape index (κ2) is 8.11. The molecule has 7 nitrogen and oxygen atoms in total. The van der Waals surface area contributed by atoms with Gasteiger partial charge in [0.2, 0.25) is 5.75 Å². The average Bonchev–Trinajstić information content (AvgIpc) is 2.57. The molecule has 0 bridgehead atoms. The highest BCUT2D eigenvalue weighted by Crippen LogP contribution is 2.39. The van der Waals surface area contributed by atoms with Crippen molar-refractivity contribution in [3.63, 3.8) is 0 Å². The molecule has 136 valence electrons. The van der Waals surface area contributed by atoms with Crippen molar-refractivity contribution in [2.45, 2.75) is 33.3 Å². The molecular formula is C18H24N2O5. The summed E-state index contributed by atoms with van der Waals surface area (Å²) in [4.78, 5) is 25.3. The number of nitro benzene ring substituents is 1. The first kappa shape index (κ1) is 18.9. The Labute approximate surface area is 147 Å². The number of carbonyl (C=O) groups is 1. The zero-order chi connectivity index (χ0) is 18.6. The largest absolute Gasteiger partial charge is 0.493 e. The van der Waals surface area contributed by atoms with Crippen LogP contribution in [0.5, 0.6) is 11.5 Å². The van der Waals surface area contributed by atoms with Gasteiger partial charge in [0.05, 0.1) is 18.1 Å². The van der Waals surface area contributed by atoms with E-state index < -0.39 is 4.92 Å². The number of benzene rings is 1. The van der Waals surface area contributed by atoms with E-state index in [0.717, 1.165) is 13.1 Å². The van der Waals surface area contributed by atoms with Crippen LogP contribution in [0.25, 0.3) is 6.08 Å². The zero-order valence-electron chi connectivity index (χ0n) is 15.1. The molecule has 0 atom stereocenters. The average molecular weight is 348 g/mol. The van der Waals surface area contributed by atoms with Crippen molar-refractivity contribution in [3.8, 4) is 11.5 Å². The SMILES string of the molecule is CCN1CCC(=O)/C(=C/c2cc(OC)c(OC(C)C)c([N+](=O)[O-])c2)C1. The highest BCUT2D eigenvalue weighted by atomic mass is 16.6. The highest BCUT2D eigenvalue weighted by molar-refractivity contribution is 6.00. The summed E-state index contributed by atoms with van der Waals surface area (Å²) < 4.78 is 10.8. The van der Waals surface area contributed by atoms with Crippen LogP contribution in [-0.4, -0.2) is 48.5 Å². The molecule has 0 aromatic heterocycles. The first-order valence-corrected chi connectivity index (χ1v) is 8.34. The molecule has 0 saturated carbocycles. The Hall–Kier alpha value is -2.41. The Morgan fingerprint density at radius 2 is 2.12 bits per heavy atom. The number of Topliss-reactive ketones (excluding diaryl/α,β-unsaturated/α-hetero) is 1. The molecule has 0 aliphatic carbocycles. The minimum Gasteiger partial charge on any atom is -0.493 e. The van der Waals surface area contributed by atoms with Gasteiger partial charge in [-0.2, -0.15) is 0 Å². The van der Waals surface area contributed by atoms with E-state index in [-0.39, 0.29) is 29.1 Å². The van der Waals surface area contributed by atoms with Crippen LogP contribution in [0.15, 0.2) is 17.7 Å². The second-order valence-electron chi connectivity index (χ2n) is 6.21. The van der Waals surface area contributed by atoms with Gasteiger partial charge in [-0.1, -0.05) is 6.92 Å². The summed E-state index contributed by atoms with van der Waals surface area (Å²) >= 11 is 0. The number of piperidine rings is 1. The Morgan fingerprint density at radius 1 is 1.40 bits per heavy atom. The lowest BCUT2D eigenvalue weighted by atomic mass is 10.00. The Bertz CT molecular complexity index is 697. The highest BCUT2D eigenvalue weighted by Gasteiger charge is 2.24. The van der Waals surface area contributed by atoms with Crippen LogP contribution in [0.2, 0.25) is 0 Å². The van der Waals surface area contributed by atoms with Crippen molar-refractivity contribution in [2.24, 2.45) is 0 Å². The Morgan fingerprint density at radius 3 is 2.68 bits per heavy atom. The minimum absolute atomic E-state index is 0.0776. The van der Waals surface area contributed by atoms with Gasteiger partial charge >= 0.3 is 5.69 Å². The summed E-state index contributed by atoms with van der Waals surface area (Å²) in [6.07, 6.45) is 1.95. The van der Waals surface area contributed by atoms with Gasteiger partial charge in [-0.05, 0) is 38.1 Å². The van der Waals surface area contributed by atoms with Crippen molar-refractivity contribution >= 4 is 17.5 Å². The number of carbonyl (C=O) groups excluding carboxylic acids is 1. The lowest BCUT2D eigenvalue weighted by Crippen LogP contribution is -2.35. The summed E-state index contributed by atoms with van der Waals surface area (Å²) in [5.74, 6) is 0.467. The number of ether oxygens (including phenoxy) is 2.